The van der Waals surface area contributed by atoms with Crippen molar-refractivity contribution in [2.75, 3.05) is 31.6 Å². The predicted molar refractivity (Wildman–Crippen MR) is 125 cm³/mol. The Labute approximate surface area is 188 Å². The van der Waals surface area contributed by atoms with E-state index in [1.54, 1.807) is 12.5 Å². The van der Waals surface area contributed by atoms with Gasteiger partial charge < -0.3 is 19.9 Å². The Balaban J connectivity index is 1.55. The molecule has 1 amide bonds. The third-order valence-electron chi connectivity index (χ3n) is 4.67. The van der Waals surface area contributed by atoms with Crippen LogP contribution in [0.15, 0.2) is 72.2 Å². The number of benzene rings is 1. The number of imidazole rings is 1. The number of rotatable bonds is 10. The number of aromatic nitrogens is 3. The van der Waals surface area contributed by atoms with Crippen LogP contribution in [-0.2, 0) is 11.2 Å². The number of carbonyl (C=O) groups excluding carboxylic acids is 1. The number of aromatic amines is 1. The standard InChI is InChI=1S/C23H29N7O2/c1-32-23(31)29-22(26-14-7-9-19-17-24-18-28-19)27-15-8-16-30(20-10-3-2-4-11-20)21-12-5-6-13-25-21/h2-6,10-13,17-18H,7-9,14-16H2,1H3,(H,24,28)(H2,26,27,29,31). The van der Waals surface area contributed by atoms with Gasteiger partial charge in [-0.1, -0.05) is 24.3 Å². The third kappa shape index (κ3) is 7.42. The Kier molecular flexibility index (Phi) is 9.07. The number of pyridine rings is 1. The van der Waals surface area contributed by atoms with Gasteiger partial charge in [0.25, 0.3) is 0 Å². The Morgan fingerprint density at radius 3 is 2.69 bits per heavy atom. The third-order valence-corrected chi connectivity index (χ3v) is 4.67. The van der Waals surface area contributed by atoms with Gasteiger partial charge in [-0.25, -0.2) is 14.8 Å². The van der Waals surface area contributed by atoms with Crippen molar-refractivity contribution in [3.05, 3.63) is 72.9 Å². The fourth-order valence-corrected chi connectivity index (χ4v) is 3.11. The van der Waals surface area contributed by atoms with Crippen LogP contribution in [-0.4, -0.2) is 53.7 Å². The van der Waals surface area contributed by atoms with E-state index in [0.717, 1.165) is 43.0 Å². The smallest absolute Gasteiger partial charge is 0.413 e. The first kappa shape index (κ1) is 22.8. The van der Waals surface area contributed by atoms with E-state index < -0.39 is 6.09 Å². The number of nitrogens with one attached hydrogen (secondary N) is 3. The molecule has 0 radical (unpaired) electrons. The lowest BCUT2D eigenvalue weighted by Crippen LogP contribution is -2.41. The molecule has 0 aliphatic carbocycles. The SMILES string of the molecule is COC(=O)NC(=NCCCN(c1ccccc1)c1ccccn1)NCCCc1c[nH]cn1. The summed E-state index contributed by atoms with van der Waals surface area (Å²) < 4.78 is 4.70. The molecule has 9 nitrogen and oxygen atoms in total. The highest BCUT2D eigenvalue weighted by Gasteiger charge is 2.10. The van der Waals surface area contributed by atoms with Gasteiger partial charge in [-0.15, -0.1) is 0 Å². The lowest BCUT2D eigenvalue weighted by molar-refractivity contribution is 0.176. The summed E-state index contributed by atoms with van der Waals surface area (Å²) in [6, 6.07) is 16.0. The van der Waals surface area contributed by atoms with Crippen LogP contribution in [0.25, 0.3) is 0 Å². The number of aryl methyl sites for hydroxylation is 1. The van der Waals surface area contributed by atoms with E-state index in [1.165, 1.54) is 7.11 Å². The molecule has 0 unspecified atom stereocenters. The molecule has 0 saturated carbocycles. The van der Waals surface area contributed by atoms with E-state index in [2.05, 4.69) is 47.6 Å². The van der Waals surface area contributed by atoms with Crippen molar-refractivity contribution in [1.29, 1.82) is 0 Å². The Morgan fingerprint density at radius 1 is 1.12 bits per heavy atom. The van der Waals surface area contributed by atoms with Crippen LogP contribution < -0.4 is 15.5 Å². The number of H-pyrrole nitrogens is 1. The number of aliphatic imine (C=N–C) groups is 1. The van der Waals surface area contributed by atoms with Crippen molar-refractivity contribution in [3.63, 3.8) is 0 Å². The molecule has 2 aromatic heterocycles. The summed E-state index contributed by atoms with van der Waals surface area (Å²) in [5.41, 5.74) is 2.07. The van der Waals surface area contributed by atoms with Crippen molar-refractivity contribution in [2.24, 2.45) is 4.99 Å². The predicted octanol–water partition coefficient (Wildman–Crippen LogP) is 3.27. The Bertz CT molecular complexity index is 908. The van der Waals surface area contributed by atoms with Gasteiger partial charge in [-0.05, 0) is 43.5 Å². The largest absolute Gasteiger partial charge is 0.453 e. The first-order valence-electron chi connectivity index (χ1n) is 10.6. The lowest BCUT2D eigenvalue weighted by atomic mass is 10.2. The van der Waals surface area contributed by atoms with Crippen LogP contribution in [0, 0.1) is 0 Å². The Hall–Kier alpha value is -3.88. The monoisotopic (exact) mass is 435 g/mol. The van der Waals surface area contributed by atoms with Gasteiger partial charge in [0.05, 0.1) is 19.1 Å². The second kappa shape index (κ2) is 12.7. The van der Waals surface area contributed by atoms with Crippen LogP contribution in [0.3, 0.4) is 0 Å². The zero-order chi connectivity index (χ0) is 22.4. The molecular formula is C23H29N7O2. The average Bonchev–Trinajstić information content (AvgIpc) is 3.36. The van der Waals surface area contributed by atoms with Gasteiger partial charge in [-0.3, -0.25) is 10.3 Å². The number of methoxy groups -OCH3 is 1. The van der Waals surface area contributed by atoms with Crippen molar-refractivity contribution < 1.29 is 9.53 Å². The normalized spacial score (nSPS) is 11.1. The molecule has 0 aliphatic rings. The topological polar surface area (TPSA) is 108 Å². The zero-order valence-corrected chi connectivity index (χ0v) is 18.2. The van der Waals surface area contributed by atoms with E-state index in [0.29, 0.717) is 19.0 Å². The van der Waals surface area contributed by atoms with E-state index >= 15 is 0 Å². The highest BCUT2D eigenvalue weighted by atomic mass is 16.5. The number of guanidine groups is 1. The fraction of sp³-hybridized carbons (Fsp3) is 0.304. The summed E-state index contributed by atoms with van der Waals surface area (Å²) in [4.78, 5) is 30.0. The van der Waals surface area contributed by atoms with E-state index in [9.17, 15) is 4.79 Å². The van der Waals surface area contributed by atoms with Gasteiger partial charge in [0.1, 0.15) is 5.82 Å². The van der Waals surface area contributed by atoms with Crippen LogP contribution in [0.4, 0.5) is 16.3 Å². The molecule has 2 heterocycles. The van der Waals surface area contributed by atoms with Crippen molar-refractivity contribution in [1.82, 2.24) is 25.6 Å². The molecule has 0 saturated heterocycles. The van der Waals surface area contributed by atoms with Gasteiger partial charge in [0, 0.05) is 37.7 Å². The van der Waals surface area contributed by atoms with Crippen LogP contribution in [0.1, 0.15) is 18.5 Å². The number of hydrogen-bond acceptors (Lipinski definition) is 6. The average molecular weight is 436 g/mol. The maximum Gasteiger partial charge on any atom is 0.413 e. The minimum atomic E-state index is -0.553. The lowest BCUT2D eigenvalue weighted by Gasteiger charge is -2.23. The number of nitrogens with zero attached hydrogens (tertiary/aromatic N) is 4. The number of amides is 1. The molecule has 0 atom stereocenters. The number of para-hydroxylation sites is 1. The van der Waals surface area contributed by atoms with Gasteiger partial charge in [0.2, 0.25) is 5.96 Å². The molecule has 3 aromatic rings. The van der Waals surface area contributed by atoms with Gasteiger partial charge in [-0.2, -0.15) is 0 Å². The number of ether oxygens (including phenoxy) is 1. The second-order valence-corrected chi connectivity index (χ2v) is 6.97. The molecule has 0 bridgehead atoms. The summed E-state index contributed by atoms with van der Waals surface area (Å²) in [5, 5.41) is 5.81. The number of carbonyl (C=O) groups is 1. The summed E-state index contributed by atoms with van der Waals surface area (Å²) in [7, 11) is 1.33. The highest BCUT2D eigenvalue weighted by Crippen LogP contribution is 2.22. The van der Waals surface area contributed by atoms with Gasteiger partial charge in [0.15, 0.2) is 0 Å². The van der Waals surface area contributed by atoms with Gasteiger partial charge >= 0.3 is 6.09 Å². The first-order chi connectivity index (χ1) is 15.8. The molecule has 0 aliphatic heterocycles. The van der Waals surface area contributed by atoms with Crippen molar-refractivity contribution in [2.45, 2.75) is 19.3 Å². The summed E-state index contributed by atoms with van der Waals surface area (Å²) in [5.74, 6) is 1.29. The minimum Gasteiger partial charge on any atom is -0.453 e. The summed E-state index contributed by atoms with van der Waals surface area (Å²) >= 11 is 0. The summed E-state index contributed by atoms with van der Waals surface area (Å²) in [6.45, 7) is 1.91. The molecule has 168 valence electrons. The van der Waals surface area contributed by atoms with Crippen LogP contribution in [0.5, 0.6) is 0 Å². The highest BCUT2D eigenvalue weighted by molar-refractivity contribution is 5.93. The number of hydrogen-bond donors (Lipinski definition) is 3. The Morgan fingerprint density at radius 2 is 1.97 bits per heavy atom. The zero-order valence-electron chi connectivity index (χ0n) is 18.2. The number of anilines is 2. The maximum atomic E-state index is 11.7. The molecule has 9 heteroatoms. The minimum absolute atomic E-state index is 0.406. The molecule has 1 aromatic carbocycles. The van der Waals surface area contributed by atoms with Crippen LogP contribution in [0.2, 0.25) is 0 Å². The molecule has 0 spiro atoms. The molecule has 3 rings (SSSR count). The van der Waals surface area contributed by atoms with E-state index in [1.807, 2.05) is 42.6 Å². The maximum absolute atomic E-state index is 11.7. The quantitative estimate of drug-likeness (QED) is 0.256. The fourth-order valence-electron chi connectivity index (χ4n) is 3.11. The molecule has 3 N–H and O–H groups in total. The molecule has 32 heavy (non-hydrogen) atoms. The van der Waals surface area contributed by atoms with Crippen LogP contribution >= 0.6 is 0 Å². The second-order valence-electron chi connectivity index (χ2n) is 6.97. The first-order valence-corrected chi connectivity index (χ1v) is 10.6. The summed E-state index contributed by atoms with van der Waals surface area (Å²) in [6.07, 6.45) is 7.23. The molecular weight excluding hydrogens is 406 g/mol. The number of alkyl carbamates (subject to hydrolysis) is 1. The molecule has 0 fully saturated rings. The van der Waals surface area contributed by atoms with E-state index in [-0.39, 0.29) is 0 Å². The van der Waals surface area contributed by atoms with Crippen molar-refractivity contribution in [3.8, 4) is 0 Å². The van der Waals surface area contributed by atoms with E-state index in [4.69, 9.17) is 4.74 Å². The van der Waals surface area contributed by atoms with Crippen molar-refractivity contribution >= 4 is 23.6 Å².